The number of ether oxygens (including phenoxy) is 1. The van der Waals surface area contributed by atoms with E-state index >= 15 is 0 Å². The van der Waals surface area contributed by atoms with Gasteiger partial charge < -0.3 is 20.3 Å². The van der Waals surface area contributed by atoms with Gasteiger partial charge >= 0.3 is 0 Å². The molecule has 0 fully saturated rings. The summed E-state index contributed by atoms with van der Waals surface area (Å²) in [6, 6.07) is 20.7. The first kappa shape index (κ1) is 21.8. The minimum Gasteiger partial charge on any atom is -0.506 e. The molecule has 30 heavy (non-hydrogen) atoms. The number of phenols is 2. The normalized spacial score (nSPS) is 11.8. The molecule has 3 N–H and O–H groups in total. The van der Waals surface area contributed by atoms with Gasteiger partial charge in [-0.1, -0.05) is 61.0 Å². The minimum atomic E-state index is 0.0536. The van der Waals surface area contributed by atoms with E-state index in [9.17, 15) is 10.2 Å². The van der Waals surface area contributed by atoms with E-state index in [2.05, 4.69) is 12.2 Å². The highest BCUT2D eigenvalue weighted by molar-refractivity contribution is 6.32. The number of aromatic hydroxyl groups is 2. The van der Waals surface area contributed by atoms with Crippen molar-refractivity contribution in [3.05, 3.63) is 88.4 Å². The highest BCUT2D eigenvalue weighted by Gasteiger charge is 2.16. The Morgan fingerprint density at radius 3 is 2.27 bits per heavy atom. The number of benzene rings is 3. The molecular weight excluding hydrogens is 398 g/mol. The fourth-order valence-corrected chi connectivity index (χ4v) is 3.58. The Morgan fingerprint density at radius 1 is 0.900 bits per heavy atom. The molecule has 3 aromatic rings. The van der Waals surface area contributed by atoms with Crippen molar-refractivity contribution < 1.29 is 14.9 Å². The van der Waals surface area contributed by atoms with Gasteiger partial charge in [-0.15, -0.1) is 0 Å². The predicted octanol–water partition coefficient (Wildman–Crippen LogP) is 5.72. The molecule has 0 atom stereocenters. The predicted molar refractivity (Wildman–Crippen MR) is 123 cm³/mol. The summed E-state index contributed by atoms with van der Waals surface area (Å²) in [5, 5.41) is 23.7. The lowest BCUT2D eigenvalue weighted by molar-refractivity contribution is 0.300. The van der Waals surface area contributed by atoms with Crippen LogP contribution in [0.4, 0.5) is 0 Å². The van der Waals surface area contributed by atoms with Gasteiger partial charge in [-0.25, -0.2) is 0 Å². The maximum atomic E-state index is 10.6. The fraction of sp³-hybridized carbons (Fsp3) is 0.200. The second-order valence-corrected chi connectivity index (χ2v) is 7.28. The van der Waals surface area contributed by atoms with Gasteiger partial charge in [-0.05, 0) is 65.6 Å². The van der Waals surface area contributed by atoms with Crippen molar-refractivity contribution in [2.75, 3.05) is 20.2 Å². The van der Waals surface area contributed by atoms with Crippen LogP contribution in [0.3, 0.4) is 0 Å². The van der Waals surface area contributed by atoms with Crippen molar-refractivity contribution >= 4 is 22.7 Å². The summed E-state index contributed by atoms with van der Waals surface area (Å²) in [6.07, 6.45) is 0.743. The maximum absolute atomic E-state index is 10.6. The molecule has 0 saturated carbocycles. The molecule has 0 aliphatic carbocycles. The van der Waals surface area contributed by atoms with Gasteiger partial charge in [-0.3, -0.25) is 0 Å². The lowest BCUT2D eigenvalue weighted by Crippen LogP contribution is -2.15. The van der Waals surface area contributed by atoms with E-state index in [1.165, 1.54) is 0 Å². The fourth-order valence-electron chi connectivity index (χ4n) is 3.40. The van der Waals surface area contributed by atoms with Crippen molar-refractivity contribution in [2.24, 2.45) is 0 Å². The highest BCUT2D eigenvalue weighted by Crippen LogP contribution is 2.39. The number of hydrogen-bond acceptors (Lipinski definition) is 4. The number of allylic oxidation sites excluding steroid dienone is 1. The molecule has 3 aromatic carbocycles. The number of halogens is 1. The lowest BCUT2D eigenvalue weighted by atomic mass is 9.88. The largest absolute Gasteiger partial charge is 0.506 e. The molecule has 0 heterocycles. The third-order valence-corrected chi connectivity index (χ3v) is 5.17. The van der Waals surface area contributed by atoms with Crippen molar-refractivity contribution in [1.82, 2.24) is 5.32 Å². The molecule has 4 nitrogen and oxygen atoms in total. The summed E-state index contributed by atoms with van der Waals surface area (Å²) in [4.78, 5) is 0. The topological polar surface area (TPSA) is 61.7 Å². The van der Waals surface area contributed by atoms with E-state index in [-0.39, 0.29) is 11.5 Å². The summed E-state index contributed by atoms with van der Waals surface area (Å²) in [7, 11) is 1.85. The number of rotatable bonds is 8. The Bertz CT molecular complexity index is 1030. The average Bonchev–Trinajstić information content (AvgIpc) is 2.76. The molecule has 3 rings (SSSR count). The van der Waals surface area contributed by atoms with E-state index in [0.717, 1.165) is 34.3 Å². The Kier molecular flexibility index (Phi) is 7.39. The lowest BCUT2D eigenvalue weighted by Gasteiger charge is -2.18. The van der Waals surface area contributed by atoms with Gasteiger partial charge in [0.2, 0.25) is 0 Å². The van der Waals surface area contributed by atoms with E-state index in [4.69, 9.17) is 16.3 Å². The Labute approximate surface area is 182 Å². The number of nitrogens with one attached hydrogen (secondary N) is 1. The number of phenolic OH excluding ortho intramolecular Hbond substituents is 2. The zero-order valence-corrected chi connectivity index (χ0v) is 17.9. The van der Waals surface area contributed by atoms with Crippen LogP contribution >= 0.6 is 11.6 Å². The monoisotopic (exact) mass is 423 g/mol. The second kappa shape index (κ2) is 10.2. The van der Waals surface area contributed by atoms with Crippen LogP contribution < -0.4 is 10.1 Å². The Balaban J connectivity index is 2.15. The summed E-state index contributed by atoms with van der Waals surface area (Å²) >= 11 is 6.18. The Hall–Kier alpha value is -2.95. The minimum absolute atomic E-state index is 0.0536. The second-order valence-electron chi connectivity index (χ2n) is 6.87. The molecule has 0 radical (unpaired) electrons. The SMILES string of the molecule is CC/C(=C(\c1ccccc1)c1ccc(OCCNC)c(O)c1)c1ccc(O)c(Cl)c1. The first-order valence-electron chi connectivity index (χ1n) is 9.93. The van der Waals surface area contributed by atoms with Crippen molar-refractivity contribution in [3.63, 3.8) is 0 Å². The van der Waals surface area contributed by atoms with Crippen molar-refractivity contribution in [1.29, 1.82) is 0 Å². The third-order valence-electron chi connectivity index (χ3n) is 4.87. The van der Waals surface area contributed by atoms with Crippen LogP contribution in [-0.4, -0.2) is 30.4 Å². The Morgan fingerprint density at radius 2 is 1.63 bits per heavy atom. The molecular formula is C25H26ClNO3. The van der Waals surface area contributed by atoms with E-state index < -0.39 is 0 Å². The molecule has 0 unspecified atom stereocenters. The smallest absolute Gasteiger partial charge is 0.161 e. The third kappa shape index (κ3) is 4.96. The van der Waals surface area contributed by atoms with Gasteiger partial charge in [0, 0.05) is 6.54 Å². The van der Waals surface area contributed by atoms with Gasteiger partial charge in [0.25, 0.3) is 0 Å². The summed E-state index contributed by atoms with van der Waals surface area (Å²) in [5.74, 6) is 0.598. The standard InChI is InChI=1S/C25H26ClNO3/c1-3-20(18-9-11-22(28)21(26)15-18)25(17-7-5-4-6-8-17)19-10-12-24(23(29)16-19)30-14-13-27-2/h4-12,15-16,27-29H,3,13-14H2,1-2H3/b25-20-. The van der Waals surface area contributed by atoms with Gasteiger partial charge in [-0.2, -0.15) is 0 Å². The number of likely N-dealkylation sites (N-methyl/N-ethyl adjacent to an activating group) is 1. The van der Waals surface area contributed by atoms with Crippen LogP contribution in [0, 0.1) is 0 Å². The van der Waals surface area contributed by atoms with Crippen LogP contribution in [0.15, 0.2) is 66.7 Å². The summed E-state index contributed by atoms with van der Waals surface area (Å²) in [6.45, 7) is 3.24. The van der Waals surface area contributed by atoms with Crippen LogP contribution in [0.5, 0.6) is 17.2 Å². The van der Waals surface area contributed by atoms with Crippen LogP contribution in [0.25, 0.3) is 11.1 Å². The first-order valence-corrected chi connectivity index (χ1v) is 10.3. The average molecular weight is 424 g/mol. The van der Waals surface area contributed by atoms with E-state index in [1.54, 1.807) is 24.3 Å². The zero-order valence-electron chi connectivity index (χ0n) is 17.2. The first-order chi connectivity index (χ1) is 14.5. The summed E-state index contributed by atoms with van der Waals surface area (Å²) < 4.78 is 5.64. The summed E-state index contributed by atoms with van der Waals surface area (Å²) in [5.41, 5.74) is 4.89. The molecule has 0 aromatic heterocycles. The highest BCUT2D eigenvalue weighted by atomic mass is 35.5. The quantitative estimate of drug-likeness (QED) is 0.320. The molecule has 0 aliphatic heterocycles. The van der Waals surface area contributed by atoms with Crippen LogP contribution in [-0.2, 0) is 0 Å². The van der Waals surface area contributed by atoms with Gasteiger partial charge in [0.1, 0.15) is 12.4 Å². The van der Waals surface area contributed by atoms with E-state index in [0.29, 0.717) is 23.9 Å². The molecule has 0 aliphatic rings. The maximum Gasteiger partial charge on any atom is 0.161 e. The zero-order chi connectivity index (χ0) is 21.5. The van der Waals surface area contributed by atoms with Crippen molar-refractivity contribution in [3.8, 4) is 17.2 Å². The molecule has 0 amide bonds. The van der Waals surface area contributed by atoms with E-state index in [1.807, 2.05) is 49.5 Å². The van der Waals surface area contributed by atoms with Gasteiger partial charge in [0.05, 0.1) is 5.02 Å². The molecule has 0 spiro atoms. The molecule has 0 saturated heterocycles. The van der Waals surface area contributed by atoms with Crippen LogP contribution in [0.1, 0.15) is 30.0 Å². The van der Waals surface area contributed by atoms with Crippen molar-refractivity contribution in [2.45, 2.75) is 13.3 Å². The molecule has 0 bridgehead atoms. The van der Waals surface area contributed by atoms with Gasteiger partial charge in [0.15, 0.2) is 11.5 Å². The van der Waals surface area contributed by atoms with Crippen LogP contribution in [0.2, 0.25) is 5.02 Å². The molecule has 5 heteroatoms. The molecule has 156 valence electrons. The number of hydrogen-bond donors (Lipinski definition) is 3.